The number of anilines is 1. The van der Waals surface area contributed by atoms with Gasteiger partial charge in [-0.3, -0.25) is 4.90 Å². The van der Waals surface area contributed by atoms with E-state index in [1.165, 1.54) is 5.69 Å². The van der Waals surface area contributed by atoms with Crippen LogP contribution >= 0.6 is 11.3 Å². The third-order valence-electron chi connectivity index (χ3n) is 3.79. The number of rotatable bonds is 3. The van der Waals surface area contributed by atoms with Crippen molar-refractivity contribution in [1.82, 2.24) is 15.1 Å². The summed E-state index contributed by atoms with van der Waals surface area (Å²) in [6.07, 6.45) is 0. The van der Waals surface area contributed by atoms with Gasteiger partial charge in [-0.25, -0.2) is 0 Å². The smallest absolute Gasteiger partial charge is 0.131 e. The summed E-state index contributed by atoms with van der Waals surface area (Å²) in [4.78, 5) is 4.96. The predicted octanol–water partition coefficient (Wildman–Crippen LogP) is 2.56. The van der Waals surface area contributed by atoms with Crippen molar-refractivity contribution < 1.29 is 0 Å². The Morgan fingerprint density at radius 1 is 1.20 bits per heavy atom. The van der Waals surface area contributed by atoms with Crippen LogP contribution in [0.4, 0.5) is 5.69 Å². The zero-order chi connectivity index (χ0) is 13.9. The molecule has 4 nitrogen and oxygen atoms in total. The van der Waals surface area contributed by atoms with E-state index in [9.17, 15) is 0 Å². The van der Waals surface area contributed by atoms with E-state index >= 15 is 0 Å². The normalized spacial score (nSPS) is 20.3. The largest absolute Gasteiger partial charge is 0.369 e. The summed E-state index contributed by atoms with van der Waals surface area (Å²) in [5.74, 6) is 0. The molecule has 0 bridgehead atoms. The first-order chi connectivity index (χ1) is 9.72. The Balaban J connectivity index is 1.62. The second kappa shape index (κ2) is 5.89. The lowest BCUT2D eigenvalue weighted by Gasteiger charge is -2.40. The fraction of sp³-hybridized carbons (Fsp3) is 0.467. The SMILES string of the molecule is Cc1nnc(CN2CCN(c3ccccc3)CC2C)s1. The van der Waals surface area contributed by atoms with Crippen molar-refractivity contribution in [1.29, 1.82) is 0 Å². The van der Waals surface area contributed by atoms with E-state index < -0.39 is 0 Å². The molecule has 5 heteroatoms. The molecule has 0 amide bonds. The average molecular weight is 288 g/mol. The maximum atomic E-state index is 4.23. The molecule has 1 aliphatic heterocycles. The van der Waals surface area contributed by atoms with Gasteiger partial charge in [0.25, 0.3) is 0 Å². The molecule has 3 rings (SSSR count). The first kappa shape index (κ1) is 13.5. The zero-order valence-electron chi connectivity index (χ0n) is 12.0. The number of piperazine rings is 1. The number of para-hydroxylation sites is 1. The van der Waals surface area contributed by atoms with Gasteiger partial charge in [0.2, 0.25) is 0 Å². The van der Waals surface area contributed by atoms with Gasteiger partial charge in [-0.05, 0) is 26.0 Å². The second-order valence-electron chi connectivity index (χ2n) is 5.32. The van der Waals surface area contributed by atoms with E-state index in [4.69, 9.17) is 0 Å². The first-order valence-electron chi connectivity index (χ1n) is 7.05. The van der Waals surface area contributed by atoms with Crippen molar-refractivity contribution in [2.75, 3.05) is 24.5 Å². The molecule has 2 heterocycles. The first-order valence-corrected chi connectivity index (χ1v) is 7.87. The minimum absolute atomic E-state index is 0.535. The average Bonchev–Trinajstić information content (AvgIpc) is 2.87. The number of hydrogen-bond acceptors (Lipinski definition) is 5. The van der Waals surface area contributed by atoms with Gasteiger partial charge in [-0.2, -0.15) is 0 Å². The quantitative estimate of drug-likeness (QED) is 0.869. The molecular formula is C15H20N4S. The van der Waals surface area contributed by atoms with Crippen molar-refractivity contribution in [3.05, 3.63) is 40.3 Å². The van der Waals surface area contributed by atoms with E-state index in [2.05, 4.69) is 57.3 Å². The molecule has 1 aliphatic rings. The number of hydrogen-bond donors (Lipinski definition) is 0. The Morgan fingerprint density at radius 3 is 2.65 bits per heavy atom. The molecule has 1 saturated heterocycles. The van der Waals surface area contributed by atoms with Gasteiger partial charge in [0, 0.05) is 31.4 Å². The highest BCUT2D eigenvalue weighted by Gasteiger charge is 2.24. The molecule has 0 spiro atoms. The van der Waals surface area contributed by atoms with E-state index in [1.807, 2.05) is 6.92 Å². The summed E-state index contributed by atoms with van der Waals surface area (Å²) in [6.45, 7) is 8.46. The molecule has 1 fully saturated rings. The van der Waals surface area contributed by atoms with Crippen LogP contribution in [-0.4, -0.2) is 40.8 Å². The van der Waals surface area contributed by atoms with Crippen LogP contribution in [-0.2, 0) is 6.54 Å². The highest BCUT2D eigenvalue weighted by Crippen LogP contribution is 2.21. The monoisotopic (exact) mass is 288 g/mol. The fourth-order valence-corrected chi connectivity index (χ4v) is 3.41. The third kappa shape index (κ3) is 2.99. The van der Waals surface area contributed by atoms with Crippen LogP contribution in [0.2, 0.25) is 0 Å². The van der Waals surface area contributed by atoms with Crippen LogP contribution in [0, 0.1) is 6.92 Å². The highest BCUT2D eigenvalue weighted by molar-refractivity contribution is 7.11. The third-order valence-corrected chi connectivity index (χ3v) is 4.62. The van der Waals surface area contributed by atoms with Crippen LogP contribution in [0.25, 0.3) is 0 Å². The van der Waals surface area contributed by atoms with E-state index in [1.54, 1.807) is 11.3 Å². The van der Waals surface area contributed by atoms with Crippen molar-refractivity contribution in [3.8, 4) is 0 Å². The standard InChI is InChI=1S/C15H20N4S/c1-12-10-19(14-6-4-3-5-7-14)9-8-18(12)11-15-17-16-13(2)20-15/h3-7,12H,8-11H2,1-2H3. The lowest BCUT2D eigenvalue weighted by molar-refractivity contribution is 0.180. The minimum atomic E-state index is 0.535. The summed E-state index contributed by atoms with van der Waals surface area (Å²) in [5, 5.41) is 10.5. The van der Waals surface area contributed by atoms with Gasteiger partial charge < -0.3 is 4.90 Å². The van der Waals surface area contributed by atoms with Crippen LogP contribution in [0.15, 0.2) is 30.3 Å². The van der Waals surface area contributed by atoms with E-state index in [-0.39, 0.29) is 0 Å². The molecule has 0 N–H and O–H groups in total. The second-order valence-corrected chi connectivity index (χ2v) is 6.58. The Hall–Kier alpha value is -1.46. The van der Waals surface area contributed by atoms with Gasteiger partial charge in [-0.15, -0.1) is 21.5 Å². The molecule has 20 heavy (non-hydrogen) atoms. The van der Waals surface area contributed by atoms with E-state index in [0.29, 0.717) is 6.04 Å². The number of nitrogens with zero attached hydrogens (tertiary/aromatic N) is 4. The van der Waals surface area contributed by atoms with Crippen LogP contribution in [0.3, 0.4) is 0 Å². The fourth-order valence-electron chi connectivity index (χ4n) is 2.68. The Kier molecular flexibility index (Phi) is 3.98. The summed E-state index contributed by atoms with van der Waals surface area (Å²) in [5.41, 5.74) is 1.32. The van der Waals surface area contributed by atoms with Crippen LogP contribution in [0.5, 0.6) is 0 Å². The lowest BCUT2D eigenvalue weighted by Crippen LogP contribution is -2.51. The maximum absolute atomic E-state index is 4.23. The van der Waals surface area contributed by atoms with Crippen LogP contribution in [0.1, 0.15) is 16.9 Å². The van der Waals surface area contributed by atoms with Gasteiger partial charge in [0.15, 0.2) is 0 Å². The van der Waals surface area contributed by atoms with Crippen molar-refractivity contribution in [2.45, 2.75) is 26.4 Å². The van der Waals surface area contributed by atoms with Gasteiger partial charge in [-0.1, -0.05) is 18.2 Å². The topological polar surface area (TPSA) is 32.3 Å². The van der Waals surface area contributed by atoms with E-state index in [0.717, 1.165) is 36.2 Å². The van der Waals surface area contributed by atoms with Crippen LogP contribution < -0.4 is 4.90 Å². The lowest BCUT2D eigenvalue weighted by atomic mass is 10.1. The van der Waals surface area contributed by atoms with Crippen molar-refractivity contribution >= 4 is 17.0 Å². The molecule has 106 valence electrons. The molecule has 0 aliphatic carbocycles. The van der Waals surface area contributed by atoms with Crippen molar-refractivity contribution in [3.63, 3.8) is 0 Å². The molecular weight excluding hydrogens is 268 g/mol. The molecule has 2 aromatic rings. The molecule has 1 unspecified atom stereocenters. The molecule has 1 aromatic carbocycles. The number of benzene rings is 1. The Labute approximate surface area is 124 Å². The number of aryl methyl sites for hydroxylation is 1. The highest BCUT2D eigenvalue weighted by atomic mass is 32.1. The molecule has 1 atom stereocenters. The minimum Gasteiger partial charge on any atom is -0.369 e. The molecule has 0 radical (unpaired) electrons. The maximum Gasteiger partial charge on any atom is 0.131 e. The van der Waals surface area contributed by atoms with Gasteiger partial charge in [0.05, 0.1) is 6.54 Å². The predicted molar refractivity (Wildman–Crippen MR) is 83.2 cm³/mol. The summed E-state index contributed by atoms with van der Waals surface area (Å²) >= 11 is 1.70. The van der Waals surface area contributed by atoms with Crippen molar-refractivity contribution in [2.24, 2.45) is 0 Å². The van der Waals surface area contributed by atoms with Gasteiger partial charge in [0.1, 0.15) is 10.0 Å². The summed E-state index contributed by atoms with van der Waals surface area (Å²) < 4.78 is 0. The Morgan fingerprint density at radius 2 is 2.00 bits per heavy atom. The van der Waals surface area contributed by atoms with Gasteiger partial charge >= 0.3 is 0 Å². The molecule has 1 aromatic heterocycles. The number of aromatic nitrogens is 2. The Bertz CT molecular complexity index is 554. The summed E-state index contributed by atoms with van der Waals surface area (Å²) in [7, 11) is 0. The zero-order valence-corrected chi connectivity index (χ0v) is 12.8. The summed E-state index contributed by atoms with van der Waals surface area (Å²) in [6, 6.07) is 11.2. The molecule has 0 saturated carbocycles.